The minimum atomic E-state index is -0.828. The van der Waals surface area contributed by atoms with E-state index in [0.717, 1.165) is 43.0 Å². The summed E-state index contributed by atoms with van der Waals surface area (Å²) in [6, 6.07) is 18.3. The lowest BCUT2D eigenvalue weighted by molar-refractivity contribution is -0.146. The number of nitrogens with zero attached hydrogens (tertiary/aromatic N) is 4. The van der Waals surface area contributed by atoms with Gasteiger partial charge in [0.05, 0.1) is 11.4 Å². The van der Waals surface area contributed by atoms with Gasteiger partial charge in [0.15, 0.2) is 0 Å². The maximum atomic E-state index is 12.2. The Bertz CT molecular complexity index is 1450. The summed E-state index contributed by atoms with van der Waals surface area (Å²) in [6.07, 6.45) is 5.73. The second kappa shape index (κ2) is 17.1. The first-order chi connectivity index (χ1) is 21.8. The number of anilines is 2. The Balaban J connectivity index is 1.62. The van der Waals surface area contributed by atoms with Crippen molar-refractivity contribution in [3.63, 3.8) is 0 Å². The molecule has 12 heteroatoms. The summed E-state index contributed by atoms with van der Waals surface area (Å²) in [7, 11) is 0. The van der Waals surface area contributed by atoms with E-state index in [2.05, 4.69) is 23.2 Å². The fourth-order valence-corrected chi connectivity index (χ4v) is 4.07. The molecule has 0 aromatic heterocycles. The van der Waals surface area contributed by atoms with Gasteiger partial charge in [-0.2, -0.15) is 10.5 Å². The van der Waals surface area contributed by atoms with Crippen LogP contribution in [-0.2, 0) is 38.1 Å². The van der Waals surface area contributed by atoms with Crippen molar-refractivity contribution in [3.05, 3.63) is 96.1 Å². The molecule has 1 aliphatic rings. The molecule has 0 atom stereocenters. The molecule has 45 heavy (non-hydrogen) atoms. The highest BCUT2D eigenvalue weighted by Crippen LogP contribution is 2.28. The Labute approximate surface area is 260 Å². The van der Waals surface area contributed by atoms with Crippen LogP contribution in [0.2, 0.25) is 0 Å². The number of hydrazine groups is 1. The molecule has 0 spiro atoms. The third-order valence-corrected chi connectivity index (χ3v) is 6.17. The third kappa shape index (κ3) is 9.98. The van der Waals surface area contributed by atoms with E-state index in [0.29, 0.717) is 11.1 Å². The van der Waals surface area contributed by atoms with E-state index in [1.54, 1.807) is 24.3 Å². The lowest BCUT2D eigenvalue weighted by Crippen LogP contribution is -2.36. The summed E-state index contributed by atoms with van der Waals surface area (Å²) >= 11 is 0. The number of ether oxygens (including phenoxy) is 4. The van der Waals surface area contributed by atoms with E-state index in [1.165, 1.54) is 12.2 Å². The summed E-state index contributed by atoms with van der Waals surface area (Å²) < 4.78 is 19.5. The van der Waals surface area contributed by atoms with Gasteiger partial charge in [-0.25, -0.2) is 19.2 Å². The van der Waals surface area contributed by atoms with Gasteiger partial charge in [-0.05, 0) is 54.0 Å². The molecule has 0 unspecified atom stereocenters. The molecular formula is C33H30N4O8. The molecule has 12 nitrogen and oxygen atoms in total. The first kappa shape index (κ1) is 33.4. The number of nitriles is 2. The fourth-order valence-electron chi connectivity index (χ4n) is 4.07. The van der Waals surface area contributed by atoms with Crippen molar-refractivity contribution in [2.24, 2.45) is 0 Å². The quantitative estimate of drug-likeness (QED) is 0.101. The minimum absolute atomic E-state index is 0.150. The molecule has 1 heterocycles. The molecule has 0 radical (unpaired) electrons. The molecule has 0 saturated carbocycles. The molecule has 1 saturated heterocycles. The SMILES string of the molecule is C=CC(=O)OCCOC(=O)C(C#N)=Cc1ccc(N2CCCN2c2ccc(C=C(C#N)C(=O)OCCOC(=O)C=C)cc2)cc1. The van der Waals surface area contributed by atoms with Crippen LogP contribution in [0.15, 0.2) is 85.0 Å². The molecule has 0 bridgehead atoms. The van der Waals surface area contributed by atoms with Gasteiger partial charge in [-0.1, -0.05) is 37.4 Å². The van der Waals surface area contributed by atoms with Crippen LogP contribution in [-0.4, -0.2) is 63.4 Å². The van der Waals surface area contributed by atoms with Gasteiger partial charge < -0.3 is 18.9 Å². The van der Waals surface area contributed by atoms with Crippen molar-refractivity contribution in [2.75, 3.05) is 49.5 Å². The Morgan fingerprint density at radius 2 is 1.00 bits per heavy atom. The second-order valence-corrected chi connectivity index (χ2v) is 9.14. The van der Waals surface area contributed by atoms with Crippen LogP contribution in [0.5, 0.6) is 0 Å². The van der Waals surface area contributed by atoms with Crippen LogP contribution in [0.25, 0.3) is 12.2 Å². The largest absolute Gasteiger partial charge is 0.459 e. The molecule has 0 N–H and O–H groups in total. The van der Waals surface area contributed by atoms with Crippen LogP contribution in [0.1, 0.15) is 17.5 Å². The van der Waals surface area contributed by atoms with Crippen molar-refractivity contribution >= 4 is 47.4 Å². The van der Waals surface area contributed by atoms with E-state index in [4.69, 9.17) is 18.9 Å². The maximum Gasteiger partial charge on any atom is 0.349 e. The molecular weight excluding hydrogens is 580 g/mol. The normalized spacial score (nSPS) is 12.8. The average Bonchev–Trinajstić information content (AvgIpc) is 3.56. The molecule has 2 aromatic carbocycles. The number of hydrogen-bond donors (Lipinski definition) is 0. The Morgan fingerprint density at radius 1 is 0.644 bits per heavy atom. The number of benzene rings is 2. The van der Waals surface area contributed by atoms with E-state index >= 15 is 0 Å². The summed E-state index contributed by atoms with van der Waals surface area (Å²) in [6.45, 7) is 7.38. The van der Waals surface area contributed by atoms with Crippen LogP contribution >= 0.6 is 0 Å². The molecule has 3 rings (SSSR count). The zero-order valence-corrected chi connectivity index (χ0v) is 24.3. The summed E-state index contributed by atoms with van der Waals surface area (Å²) in [5.74, 6) is -2.93. The number of carbonyl (C=O) groups is 4. The molecule has 1 fully saturated rings. The van der Waals surface area contributed by atoms with Gasteiger partial charge in [0.1, 0.15) is 49.7 Å². The number of rotatable bonds is 14. The number of hydrogen-bond acceptors (Lipinski definition) is 12. The van der Waals surface area contributed by atoms with Crippen LogP contribution in [0.4, 0.5) is 11.4 Å². The minimum Gasteiger partial charge on any atom is -0.459 e. The van der Waals surface area contributed by atoms with Gasteiger partial charge in [-0.15, -0.1) is 0 Å². The van der Waals surface area contributed by atoms with Gasteiger partial charge in [0.25, 0.3) is 0 Å². The number of carbonyl (C=O) groups excluding carboxylic acids is 4. The van der Waals surface area contributed by atoms with Crippen molar-refractivity contribution in [1.82, 2.24) is 0 Å². The van der Waals surface area contributed by atoms with Gasteiger partial charge >= 0.3 is 23.9 Å². The first-order valence-electron chi connectivity index (χ1n) is 13.7. The molecule has 1 aliphatic heterocycles. The van der Waals surface area contributed by atoms with Gasteiger partial charge in [0, 0.05) is 25.2 Å². The number of esters is 4. The predicted molar refractivity (Wildman–Crippen MR) is 164 cm³/mol. The highest BCUT2D eigenvalue weighted by molar-refractivity contribution is 5.98. The fraction of sp³-hybridized carbons (Fsp3) is 0.212. The topological polar surface area (TPSA) is 159 Å². The van der Waals surface area contributed by atoms with Gasteiger partial charge in [0.2, 0.25) is 0 Å². The zero-order valence-electron chi connectivity index (χ0n) is 24.3. The zero-order chi connectivity index (χ0) is 32.6. The Morgan fingerprint density at radius 3 is 1.33 bits per heavy atom. The standard InChI is InChI=1S/C33H30N4O8/c1-3-30(38)42-16-18-44-32(40)26(22-34)20-24-6-10-28(11-7-24)36-14-5-15-37(36)29-12-8-25(9-13-29)21-27(23-35)33(41)45-19-17-43-31(39)4-2/h3-4,6-13,20-21H,1-2,5,14-19H2. The Kier molecular flexibility index (Phi) is 12.7. The maximum absolute atomic E-state index is 12.2. The van der Waals surface area contributed by atoms with Crippen LogP contribution in [0, 0.1) is 22.7 Å². The monoisotopic (exact) mass is 610 g/mol. The van der Waals surface area contributed by atoms with Crippen molar-refractivity contribution in [3.8, 4) is 12.1 Å². The van der Waals surface area contributed by atoms with Crippen LogP contribution in [0.3, 0.4) is 0 Å². The van der Waals surface area contributed by atoms with Crippen molar-refractivity contribution in [2.45, 2.75) is 6.42 Å². The van der Waals surface area contributed by atoms with E-state index in [-0.39, 0.29) is 37.6 Å². The average molecular weight is 611 g/mol. The molecule has 2 aromatic rings. The summed E-state index contributed by atoms with van der Waals surface area (Å²) in [5, 5.41) is 23.0. The van der Waals surface area contributed by atoms with Gasteiger partial charge in [-0.3, -0.25) is 10.0 Å². The molecule has 0 aliphatic carbocycles. The molecule has 230 valence electrons. The molecule has 0 amide bonds. The highest BCUT2D eigenvalue weighted by atomic mass is 16.6. The summed E-state index contributed by atoms with van der Waals surface area (Å²) in [4.78, 5) is 46.6. The predicted octanol–water partition coefficient (Wildman–Crippen LogP) is 3.68. The second-order valence-electron chi connectivity index (χ2n) is 9.14. The van der Waals surface area contributed by atoms with E-state index in [1.807, 2.05) is 36.4 Å². The van der Waals surface area contributed by atoms with E-state index < -0.39 is 23.9 Å². The third-order valence-electron chi connectivity index (χ3n) is 6.17. The first-order valence-corrected chi connectivity index (χ1v) is 13.7. The van der Waals surface area contributed by atoms with Crippen LogP contribution < -0.4 is 10.0 Å². The van der Waals surface area contributed by atoms with E-state index in [9.17, 15) is 29.7 Å². The summed E-state index contributed by atoms with van der Waals surface area (Å²) in [5.41, 5.74) is 2.64. The van der Waals surface area contributed by atoms with Crippen molar-refractivity contribution < 1.29 is 38.1 Å². The lowest BCUT2D eigenvalue weighted by Gasteiger charge is -2.31. The Hall–Kier alpha value is -6.14. The van der Waals surface area contributed by atoms with Crippen molar-refractivity contribution in [1.29, 1.82) is 10.5 Å². The highest BCUT2D eigenvalue weighted by Gasteiger charge is 2.23. The smallest absolute Gasteiger partial charge is 0.349 e. The lowest BCUT2D eigenvalue weighted by atomic mass is 10.1.